The van der Waals surface area contributed by atoms with E-state index in [-0.39, 0.29) is 0 Å². The van der Waals surface area contributed by atoms with Crippen LogP contribution in [0.5, 0.6) is 0 Å². The first-order chi connectivity index (χ1) is 22.4. The van der Waals surface area contributed by atoms with Crippen LogP contribution in [0.3, 0.4) is 0 Å². The standard InChI is InChI=1S/C39H31B5N2/c40-34-32(35(41)37(43)38(44)36(34)42)23-12-10-11-22(21-23)31-25-15-4-6-17-27(25)33(28-18-7-5-16-26(28)31)39-45-29-19-8-9-20-30(29)46(39)24-13-2-1-3-14-24/h1-21H,40-44H2. The monoisotopic (exact) mass is 582 g/mol. The van der Waals surface area contributed by atoms with Crippen LogP contribution in [0.15, 0.2) is 127 Å². The summed E-state index contributed by atoms with van der Waals surface area (Å²) < 4.78 is 2.32. The van der Waals surface area contributed by atoms with E-state index in [9.17, 15) is 0 Å². The van der Waals surface area contributed by atoms with Crippen LogP contribution in [-0.4, -0.2) is 48.8 Å². The number of hydrogen-bond donors (Lipinski definition) is 0. The van der Waals surface area contributed by atoms with Gasteiger partial charge in [0.05, 0.1) is 11.0 Å². The Kier molecular flexibility index (Phi) is 6.80. The quantitative estimate of drug-likeness (QED) is 0.228. The van der Waals surface area contributed by atoms with E-state index in [2.05, 4.69) is 171 Å². The second kappa shape index (κ2) is 11.0. The van der Waals surface area contributed by atoms with Gasteiger partial charge in [-0.05, 0) is 74.1 Å². The number of nitrogens with zero attached hydrogens (tertiary/aromatic N) is 2. The number of aromatic nitrogens is 2. The van der Waals surface area contributed by atoms with E-state index in [0.717, 1.165) is 28.1 Å². The minimum absolute atomic E-state index is 0.956. The molecule has 0 spiro atoms. The maximum atomic E-state index is 5.32. The molecular formula is C39H31B5N2. The van der Waals surface area contributed by atoms with Crippen molar-refractivity contribution in [1.29, 1.82) is 0 Å². The van der Waals surface area contributed by atoms with Crippen molar-refractivity contribution >= 4 is 99.1 Å². The van der Waals surface area contributed by atoms with E-state index in [0.29, 0.717) is 0 Å². The van der Waals surface area contributed by atoms with Crippen molar-refractivity contribution in [2.75, 3.05) is 0 Å². The van der Waals surface area contributed by atoms with E-state index >= 15 is 0 Å². The predicted molar refractivity (Wildman–Crippen MR) is 213 cm³/mol. The third-order valence-electron chi connectivity index (χ3n) is 10.2. The van der Waals surface area contributed by atoms with Gasteiger partial charge in [0.1, 0.15) is 45.1 Å². The zero-order valence-electron chi connectivity index (χ0n) is 27.0. The van der Waals surface area contributed by atoms with Crippen molar-refractivity contribution < 1.29 is 0 Å². The molecule has 0 radical (unpaired) electrons. The van der Waals surface area contributed by atoms with E-state index in [4.69, 9.17) is 4.98 Å². The highest BCUT2D eigenvalue weighted by Gasteiger charge is 2.22. The zero-order chi connectivity index (χ0) is 31.5. The van der Waals surface area contributed by atoms with Crippen molar-refractivity contribution in [2.24, 2.45) is 0 Å². The molecule has 46 heavy (non-hydrogen) atoms. The fourth-order valence-corrected chi connectivity index (χ4v) is 7.48. The summed E-state index contributed by atoms with van der Waals surface area (Å²) in [7, 11) is 11.3. The molecule has 0 saturated heterocycles. The van der Waals surface area contributed by atoms with Crippen LogP contribution in [0.1, 0.15) is 0 Å². The molecule has 8 aromatic rings. The molecule has 2 nitrogen and oxygen atoms in total. The molecule has 212 valence electrons. The van der Waals surface area contributed by atoms with Gasteiger partial charge in [-0.3, -0.25) is 4.57 Å². The highest BCUT2D eigenvalue weighted by atomic mass is 15.1. The summed E-state index contributed by atoms with van der Waals surface area (Å²) in [6.45, 7) is 0. The number of imidazole rings is 1. The number of benzene rings is 7. The van der Waals surface area contributed by atoms with Gasteiger partial charge in [-0.1, -0.05) is 108 Å². The number of hydrogen-bond acceptors (Lipinski definition) is 1. The SMILES string of the molecule is Bc1c(B)c(B)c(-c2cccc(-c3c4ccccc4c(-c4nc5ccccc5n4-c4ccccc4)c4ccccc34)c2)c(B)c1B. The lowest BCUT2D eigenvalue weighted by Gasteiger charge is -2.22. The highest BCUT2D eigenvalue weighted by Crippen LogP contribution is 2.44. The Bertz CT molecular complexity index is 2400. The Hall–Kier alpha value is -5.15. The number of para-hydroxylation sites is 3. The fraction of sp³-hybridized carbons (Fsp3) is 0. The van der Waals surface area contributed by atoms with Crippen molar-refractivity contribution in [3.8, 4) is 39.3 Å². The lowest BCUT2D eigenvalue weighted by atomic mass is 9.59. The minimum atomic E-state index is 0.956. The van der Waals surface area contributed by atoms with Gasteiger partial charge in [0.15, 0.2) is 0 Å². The van der Waals surface area contributed by atoms with E-state index < -0.39 is 0 Å². The Morgan fingerprint density at radius 2 is 0.891 bits per heavy atom. The van der Waals surface area contributed by atoms with E-state index in [1.165, 1.54) is 71.1 Å². The van der Waals surface area contributed by atoms with E-state index in [1.54, 1.807) is 0 Å². The largest absolute Gasteiger partial charge is 0.292 e. The molecule has 0 aliphatic heterocycles. The second-order valence-electron chi connectivity index (χ2n) is 12.5. The molecule has 1 aromatic heterocycles. The molecule has 0 unspecified atom stereocenters. The van der Waals surface area contributed by atoms with Gasteiger partial charge in [0, 0.05) is 11.3 Å². The van der Waals surface area contributed by atoms with Crippen LogP contribution < -0.4 is 27.3 Å². The number of fused-ring (bicyclic) bond motifs is 3. The Morgan fingerprint density at radius 3 is 1.50 bits per heavy atom. The molecular weight excluding hydrogens is 551 g/mol. The fourth-order valence-electron chi connectivity index (χ4n) is 7.48. The van der Waals surface area contributed by atoms with Crippen LogP contribution >= 0.6 is 0 Å². The molecule has 7 heteroatoms. The second-order valence-corrected chi connectivity index (χ2v) is 12.5. The van der Waals surface area contributed by atoms with Gasteiger partial charge in [-0.2, -0.15) is 0 Å². The van der Waals surface area contributed by atoms with Crippen LogP contribution in [0.2, 0.25) is 0 Å². The van der Waals surface area contributed by atoms with Gasteiger partial charge in [-0.25, -0.2) is 4.98 Å². The Balaban J connectivity index is 1.46. The summed E-state index contributed by atoms with van der Waals surface area (Å²) in [5, 5.41) is 4.85. The lowest BCUT2D eigenvalue weighted by Crippen LogP contribution is -2.55. The third-order valence-corrected chi connectivity index (χ3v) is 10.2. The molecule has 0 aliphatic carbocycles. The average molecular weight is 582 g/mol. The minimum Gasteiger partial charge on any atom is -0.292 e. The van der Waals surface area contributed by atoms with Gasteiger partial charge >= 0.3 is 0 Å². The van der Waals surface area contributed by atoms with Gasteiger partial charge in [0.2, 0.25) is 0 Å². The summed E-state index contributed by atoms with van der Waals surface area (Å²) in [6.07, 6.45) is 0. The lowest BCUT2D eigenvalue weighted by molar-refractivity contribution is 1.11. The van der Waals surface area contributed by atoms with Gasteiger partial charge in [0.25, 0.3) is 0 Å². The van der Waals surface area contributed by atoms with Crippen LogP contribution in [0.4, 0.5) is 0 Å². The van der Waals surface area contributed by atoms with Crippen LogP contribution in [-0.2, 0) is 0 Å². The molecule has 0 N–H and O–H groups in total. The molecule has 0 amide bonds. The zero-order valence-corrected chi connectivity index (χ0v) is 27.0. The highest BCUT2D eigenvalue weighted by molar-refractivity contribution is 6.68. The molecule has 0 atom stereocenters. The molecule has 7 aromatic carbocycles. The Morgan fingerprint density at radius 1 is 0.413 bits per heavy atom. The molecule has 0 fully saturated rings. The molecule has 0 bridgehead atoms. The Labute approximate surface area is 274 Å². The number of rotatable bonds is 4. The van der Waals surface area contributed by atoms with Crippen molar-refractivity contribution in [2.45, 2.75) is 0 Å². The molecule has 0 aliphatic rings. The molecule has 0 saturated carbocycles. The van der Waals surface area contributed by atoms with Crippen LogP contribution in [0.25, 0.3) is 71.9 Å². The maximum Gasteiger partial charge on any atom is 0.146 e. The first-order valence-corrected chi connectivity index (χ1v) is 16.1. The summed E-state index contributed by atoms with van der Waals surface area (Å²) in [5.41, 5.74) is 16.3. The summed E-state index contributed by atoms with van der Waals surface area (Å²) in [5.74, 6) is 0.956. The van der Waals surface area contributed by atoms with Gasteiger partial charge in [-0.15, -0.1) is 16.4 Å². The summed E-state index contributed by atoms with van der Waals surface area (Å²) in [4.78, 5) is 5.32. The molecule has 8 rings (SSSR count). The normalized spacial score (nSPS) is 11.5. The van der Waals surface area contributed by atoms with Crippen LogP contribution in [0, 0.1) is 0 Å². The summed E-state index contributed by atoms with van der Waals surface area (Å²) >= 11 is 0. The maximum absolute atomic E-state index is 5.32. The van der Waals surface area contributed by atoms with Crippen molar-refractivity contribution in [3.63, 3.8) is 0 Å². The first kappa shape index (κ1) is 28.3. The average Bonchev–Trinajstić information content (AvgIpc) is 3.48. The van der Waals surface area contributed by atoms with Crippen molar-refractivity contribution in [3.05, 3.63) is 127 Å². The third kappa shape index (κ3) is 4.30. The molecule has 1 heterocycles. The first-order valence-electron chi connectivity index (χ1n) is 16.1. The topological polar surface area (TPSA) is 17.8 Å². The summed E-state index contributed by atoms with van der Waals surface area (Å²) in [6, 6.07) is 45.9. The van der Waals surface area contributed by atoms with Gasteiger partial charge < -0.3 is 0 Å². The van der Waals surface area contributed by atoms with Crippen molar-refractivity contribution in [1.82, 2.24) is 9.55 Å². The predicted octanol–water partition coefficient (Wildman–Crippen LogP) is 1.62. The smallest absolute Gasteiger partial charge is 0.146 e. The van der Waals surface area contributed by atoms with E-state index in [1.807, 2.05) is 0 Å².